The summed E-state index contributed by atoms with van der Waals surface area (Å²) in [4.78, 5) is 0. The van der Waals surface area contributed by atoms with Crippen LogP contribution in [0.3, 0.4) is 0 Å². The first kappa shape index (κ1) is 9.81. The molecule has 0 aliphatic rings. The quantitative estimate of drug-likeness (QED) is 0.735. The second-order valence-corrected chi connectivity index (χ2v) is 4.49. The van der Waals surface area contributed by atoms with Gasteiger partial charge in [0.05, 0.1) is 0 Å². The van der Waals surface area contributed by atoms with Crippen LogP contribution < -0.4 is 0 Å². The summed E-state index contributed by atoms with van der Waals surface area (Å²) in [6.07, 6.45) is 5.40. The zero-order chi connectivity index (χ0) is 9.80. The molecule has 0 fully saturated rings. The lowest BCUT2D eigenvalue weighted by Gasteiger charge is -1.95. The fourth-order valence-electron chi connectivity index (χ4n) is 1.45. The van der Waals surface area contributed by atoms with Gasteiger partial charge in [-0.3, -0.25) is 0 Å². The third-order valence-electron chi connectivity index (χ3n) is 2.12. The first-order valence-electron chi connectivity index (χ1n) is 4.65. The molecule has 0 bridgehead atoms. The van der Waals surface area contributed by atoms with E-state index in [1.165, 1.54) is 15.6 Å². The molecule has 1 aromatic heterocycles. The maximum Gasteiger partial charge on any atom is 0.0348 e. The Morgan fingerprint density at radius 2 is 2.21 bits per heavy atom. The van der Waals surface area contributed by atoms with Crippen LogP contribution in [0.1, 0.15) is 12.0 Å². The average Bonchev–Trinajstić information content (AvgIpc) is 2.67. The van der Waals surface area contributed by atoms with Crippen molar-refractivity contribution in [3.05, 3.63) is 41.3 Å². The molecule has 0 nitrogen and oxygen atoms in total. The zero-order valence-electron chi connectivity index (χ0n) is 7.81. The summed E-state index contributed by atoms with van der Waals surface area (Å²) >= 11 is 5.97. The maximum absolute atomic E-state index is 4.18. The highest BCUT2D eigenvalue weighted by Crippen LogP contribution is 2.24. The Balaban J connectivity index is 2.36. The van der Waals surface area contributed by atoms with Crippen LogP contribution in [0, 0.1) is 0 Å². The van der Waals surface area contributed by atoms with Crippen molar-refractivity contribution in [1.82, 2.24) is 0 Å². The van der Waals surface area contributed by atoms with Gasteiger partial charge in [0.15, 0.2) is 0 Å². The highest BCUT2D eigenvalue weighted by molar-refractivity contribution is 7.80. The summed E-state index contributed by atoms with van der Waals surface area (Å²) in [7, 11) is 0. The third-order valence-corrected chi connectivity index (χ3v) is 3.26. The predicted octanol–water partition coefficient (Wildman–Crippen LogP) is 4.23. The molecule has 0 amide bonds. The normalized spacial score (nSPS) is 11.5. The monoisotopic (exact) mass is 220 g/mol. The van der Waals surface area contributed by atoms with Gasteiger partial charge in [-0.2, -0.15) is 12.6 Å². The molecular weight excluding hydrogens is 208 g/mol. The van der Waals surface area contributed by atoms with Crippen LogP contribution >= 0.6 is 24.0 Å². The Morgan fingerprint density at radius 1 is 1.29 bits per heavy atom. The van der Waals surface area contributed by atoms with E-state index in [1.54, 1.807) is 11.3 Å². The Hall–Kier alpha value is -0.730. The van der Waals surface area contributed by atoms with Crippen molar-refractivity contribution in [1.29, 1.82) is 0 Å². The standard InChI is InChI=1S/C12H12S2/c13-8-2-1-4-10-5-3-6-12-11(10)7-9-14-12/h1,3-7,9,13H,2,8H2. The summed E-state index contributed by atoms with van der Waals surface area (Å²) in [5.41, 5.74) is 1.31. The molecule has 1 aromatic carbocycles. The minimum atomic E-state index is 0.913. The molecule has 0 unspecified atom stereocenters. The van der Waals surface area contributed by atoms with Crippen LogP contribution in [0.4, 0.5) is 0 Å². The van der Waals surface area contributed by atoms with E-state index in [1.807, 2.05) is 0 Å². The fraction of sp³-hybridized carbons (Fsp3) is 0.167. The smallest absolute Gasteiger partial charge is 0.0348 e. The zero-order valence-corrected chi connectivity index (χ0v) is 9.52. The molecule has 0 aliphatic carbocycles. The molecule has 0 aliphatic heterocycles. The van der Waals surface area contributed by atoms with E-state index in [4.69, 9.17) is 0 Å². The number of thiophene rings is 1. The van der Waals surface area contributed by atoms with Crippen molar-refractivity contribution in [2.45, 2.75) is 6.42 Å². The van der Waals surface area contributed by atoms with E-state index in [9.17, 15) is 0 Å². The highest BCUT2D eigenvalue weighted by atomic mass is 32.1. The molecule has 14 heavy (non-hydrogen) atoms. The van der Waals surface area contributed by atoms with Crippen molar-refractivity contribution in [3.8, 4) is 0 Å². The molecule has 0 radical (unpaired) electrons. The van der Waals surface area contributed by atoms with Crippen molar-refractivity contribution >= 4 is 40.1 Å². The van der Waals surface area contributed by atoms with E-state index in [-0.39, 0.29) is 0 Å². The number of allylic oxidation sites excluding steroid dienone is 1. The van der Waals surface area contributed by atoms with Gasteiger partial charge in [0, 0.05) is 4.70 Å². The average molecular weight is 220 g/mol. The van der Waals surface area contributed by atoms with Gasteiger partial charge >= 0.3 is 0 Å². The van der Waals surface area contributed by atoms with Gasteiger partial charge in [-0.05, 0) is 40.6 Å². The van der Waals surface area contributed by atoms with Crippen molar-refractivity contribution in [2.24, 2.45) is 0 Å². The summed E-state index contributed by atoms with van der Waals surface area (Å²) < 4.78 is 1.36. The molecule has 72 valence electrons. The van der Waals surface area contributed by atoms with E-state index in [0.29, 0.717) is 0 Å². The van der Waals surface area contributed by atoms with E-state index in [0.717, 1.165) is 12.2 Å². The van der Waals surface area contributed by atoms with Gasteiger partial charge < -0.3 is 0 Å². The Morgan fingerprint density at radius 3 is 3.07 bits per heavy atom. The van der Waals surface area contributed by atoms with Crippen molar-refractivity contribution < 1.29 is 0 Å². The number of fused-ring (bicyclic) bond motifs is 1. The second kappa shape index (κ2) is 4.67. The predicted molar refractivity (Wildman–Crippen MR) is 69.3 cm³/mol. The van der Waals surface area contributed by atoms with Crippen LogP contribution in [0.25, 0.3) is 16.2 Å². The highest BCUT2D eigenvalue weighted by Gasteiger charge is 1.97. The van der Waals surface area contributed by atoms with E-state index >= 15 is 0 Å². The van der Waals surface area contributed by atoms with Crippen LogP contribution in [0.2, 0.25) is 0 Å². The van der Waals surface area contributed by atoms with Crippen molar-refractivity contribution in [3.63, 3.8) is 0 Å². The van der Waals surface area contributed by atoms with E-state index < -0.39 is 0 Å². The van der Waals surface area contributed by atoms with Gasteiger partial charge in [-0.15, -0.1) is 11.3 Å². The van der Waals surface area contributed by atoms with Gasteiger partial charge in [0.1, 0.15) is 0 Å². The van der Waals surface area contributed by atoms with Crippen molar-refractivity contribution in [2.75, 3.05) is 5.75 Å². The van der Waals surface area contributed by atoms with Crippen LogP contribution in [-0.2, 0) is 0 Å². The number of hydrogen-bond donors (Lipinski definition) is 1. The number of thiol groups is 1. The molecule has 2 aromatic rings. The Bertz CT molecular complexity index is 440. The third kappa shape index (κ3) is 2.02. The lowest BCUT2D eigenvalue weighted by Crippen LogP contribution is -1.73. The molecule has 0 spiro atoms. The molecule has 0 saturated carbocycles. The summed E-state index contributed by atoms with van der Waals surface area (Å²) in [6, 6.07) is 8.61. The Labute approximate surface area is 93.7 Å². The second-order valence-electron chi connectivity index (χ2n) is 3.09. The SMILES string of the molecule is SCCC=Cc1cccc2sccc12. The van der Waals surface area contributed by atoms with Gasteiger partial charge in [0.25, 0.3) is 0 Å². The molecule has 0 saturated heterocycles. The summed E-state index contributed by atoms with van der Waals surface area (Å²) in [6.45, 7) is 0. The largest absolute Gasteiger partial charge is 0.179 e. The molecule has 0 atom stereocenters. The topological polar surface area (TPSA) is 0 Å². The minimum Gasteiger partial charge on any atom is -0.179 e. The first-order valence-corrected chi connectivity index (χ1v) is 6.16. The minimum absolute atomic E-state index is 0.913. The fourth-order valence-corrected chi connectivity index (χ4v) is 2.42. The number of hydrogen-bond acceptors (Lipinski definition) is 2. The maximum atomic E-state index is 4.18. The van der Waals surface area contributed by atoms with Gasteiger partial charge in [0.2, 0.25) is 0 Å². The molecular formula is C12H12S2. The van der Waals surface area contributed by atoms with Crippen LogP contribution in [0.5, 0.6) is 0 Å². The van der Waals surface area contributed by atoms with Gasteiger partial charge in [-0.25, -0.2) is 0 Å². The van der Waals surface area contributed by atoms with Crippen LogP contribution in [-0.4, -0.2) is 5.75 Å². The van der Waals surface area contributed by atoms with E-state index in [2.05, 4.69) is 54.4 Å². The summed E-state index contributed by atoms with van der Waals surface area (Å²) in [5, 5.41) is 3.49. The molecule has 1 heterocycles. The first-order chi connectivity index (χ1) is 6.92. The van der Waals surface area contributed by atoms with Crippen LogP contribution in [0.15, 0.2) is 35.7 Å². The summed E-state index contributed by atoms with van der Waals surface area (Å²) in [5.74, 6) is 0.913. The lowest BCUT2D eigenvalue weighted by atomic mass is 10.1. The van der Waals surface area contributed by atoms with Gasteiger partial charge in [-0.1, -0.05) is 24.3 Å². The molecule has 2 heteroatoms. The lowest BCUT2D eigenvalue weighted by molar-refractivity contribution is 1.26. The molecule has 0 N–H and O–H groups in total. The number of benzene rings is 1. The molecule has 2 rings (SSSR count). The number of rotatable bonds is 3. The Kier molecular flexibility index (Phi) is 3.27.